The van der Waals surface area contributed by atoms with E-state index in [9.17, 15) is 17.6 Å². The molecule has 0 aliphatic rings. The number of nitrogens with one attached hydrogen (secondary N) is 2. The quantitative estimate of drug-likeness (QED) is 0.433. The predicted octanol–water partition coefficient (Wildman–Crippen LogP) is 5.37. The van der Waals surface area contributed by atoms with Gasteiger partial charge in [-0.05, 0) is 67.1 Å². The lowest BCUT2D eigenvalue weighted by molar-refractivity contribution is -0.118. The van der Waals surface area contributed by atoms with Crippen molar-refractivity contribution in [2.24, 2.45) is 0 Å². The molecule has 0 unspecified atom stereocenters. The maximum absolute atomic E-state index is 13.8. The lowest BCUT2D eigenvalue weighted by Gasteiger charge is -2.11. The number of rotatable bonds is 7. The molecule has 3 rings (SSSR count). The second-order valence-corrected chi connectivity index (χ2v) is 9.51. The first-order chi connectivity index (χ1) is 14.6. The van der Waals surface area contributed by atoms with E-state index in [4.69, 9.17) is 16.3 Å². The van der Waals surface area contributed by atoms with Crippen molar-refractivity contribution in [2.45, 2.75) is 11.8 Å². The van der Waals surface area contributed by atoms with E-state index in [1.165, 1.54) is 42.5 Å². The van der Waals surface area contributed by atoms with Crippen molar-refractivity contribution >= 4 is 54.8 Å². The highest BCUT2D eigenvalue weighted by Crippen LogP contribution is 2.24. The number of hydrogen-bond acceptors (Lipinski definition) is 4. The van der Waals surface area contributed by atoms with Gasteiger partial charge >= 0.3 is 0 Å². The SMILES string of the molecule is Cc1ccc(NS(=O)(=O)c2ccc(OCC(=O)Nc3ccc(Br)cc3F)cc2)cc1Cl. The molecule has 0 radical (unpaired) electrons. The molecule has 6 nitrogen and oxygen atoms in total. The maximum atomic E-state index is 13.8. The minimum atomic E-state index is -3.83. The Balaban J connectivity index is 1.60. The highest BCUT2D eigenvalue weighted by atomic mass is 79.9. The summed E-state index contributed by atoms with van der Waals surface area (Å²) in [5.74, 6) is -0.862. The third kappa shape index (κ3) is 6.19. The highest BCUT2D eigenvalue weighted by Gasteiger charge is 2.15. The lowest BCUT2D eigenvalue weighted by Crippen LogP contribution is -2.20. The molecule has 0 bridgehead atoms. The fraction of sp³-hybridized carbons (Fsp3) is 0.0952. The van der Waals surface area contributed by atoms with Gasteiger partial charge in [-0.15, -0.1) is 0 Å². The summed E-state index contributed by atoms with van der Waals surface area (Å²) in [5.41, 5.74) is 1.20. The summed E-state index contributed by atoms with van der Waals surface area (Å²) < 4.78 is 47.2. The van der Waals surface area contributed by atoms with Crippen LogP contribution in [-0.4, -0.2) is 20.9 Å². The minimum absolute atomic E-state index is 0.0120. The second kappa shape index (κ2) is 9.67. The lowest BCUT2D eigenvalue weighted by atomic mass is 10.2. The molecule has 0 aliphatic heterocycles. The topological polar surface area (TPSA) is 84.5 Å². The van der Waals surface area contributed by atoms with E-state index in [0.29, 0.717) is 15.2 Å². The molecule has 0 spiro atoms. The van der Waals surface area contributed by atoms with Crippen LogP contribution in [-0.2, 0) is 14.8 Å². The van der Waals surface area contributed by atoms with Crippen molar-refractivity contribution in [2.75, 3.05) is 16.6 Å². The molecule has 3 aromatic rings. The summed E-state index contributed by atoms with van der Waals surface area (Å²) in [7, 11) is -3.83. The fourth-order valence-corrected chi connectivity index (χ4v) is 4.07. The average molecular weight is 528 g/mol. The number of sulfonamides is 1. The molecule has 2 N–H and O–H groups in total. The van der Waals surface area contributed by atoms with Gasteiger partial charge in [-0.25, -0.2) is 12.8 Å². The molecule has 0 atom stereocenters. The summed E-state index contributed by atoms with van der Waals surface area (Å²) in [4.78, 5) is 12.0. The Bertz CT molecular complexity index is 1220. The van der Waals surface area contributed by atoms with Gasteiger partial charge in [0.05, 0.1) is 16.3 Å². The van der Waals surface area contributed by atoms with Crippen LogP contribution in [0, 0.1) is 12.7 Å². The summed E-state index contributed by atoms with van der Waals surface area (Å²) in [6, 6.07) is 14.6. The van der Waals surface area contributed by atoms with E-state index in [1.54, 1.807) is 18.2 Å². The van der Waals surface area contributed by atoms with Gasteiger partial charge in [0.25, 0.3) is 15.9 Å². The van der Waals surface area contributed by atoms with Crippen LogP contribution in [0.2, 0.25) is 5.02 Å². The molecule has 3 aromatic carbocycles. The van der Waals surface area contributed by atoms with Crippen molar-refractivity contribution in [1.29, 1.82) is 0 Å². The molecule has 1 amide bonds. The smallest absolute Gasteiger partial charge is 0.262 e. The molecule has 0 aromatic heterocycles. The van der Waals surface area contributed by atoms with Crippen LogP contribution in [0.3, 0.4) is 0 Å². The fourth-order valence-electron chi connectivity index (χ4n) is 2.51. The van der Waals surface area contributed by atoms with E-state index in [0.717, 1.165) is 5.56 Å². The number of ether oxygens (including phenoxy) is 1. The zero-order chi connectivity index (χ0) is 22.6. The van der Waals surface area contributed by atoms with Crippen molar-refractivity contribution in [3.05, 3.63) is 81.5 Å². The van der Waals surface area contributed by atoms with Crippen molar-refractivity contribution in [3.63, 3.8) is 0 Å². The Hall–Kier alpha value is -2.62. The van der Waals surface area contributed by atoms with Crippen LogP contribution in [0.15, 0.2) is 70.0 Å². The third-order valence-electron chi connectivity index (χ3n) is 4.13. The Morgan fingerprint density at radius 1 is 1.10 bits per heavy atom. The third-order valence-corrected chi connectivity index (χ3v) is 6.43. The van der Waals surface area contributed by atoms with Crippen LogP contribution >= 0.6 is 27.5 Å². The van der Waals surface area contributed by atoms with Crippen LogP contribution in [0.5, 0.6) is 5.75 Å². The minimum Gasteiger partial charge on any atom is -0.484 e. The van der Waals surface area contributed by atoms with Crippen LogP contribution in [0.4, 0.5) is 15.8 Å². The number of hydrogen-bond donors (Lipinski definition) is 2. The molecule has 0 saturated heterocycles. The number of halogens is 3. The number of carbonyl (C=O) groups is 1. The molecular formula is C21H17BrClFN2O4S. The molecule has 0 heterocycles. The second-order valence-electron chi connectivity index (χ2n) is 6.50. The highest BCUT2D eigenvalue weighted by molar-refractivity contribution is 9.10. The summed E-state index contributed by atoms with van der Waals surface area (Å²) >= 11 is 9.17. The van der Waals surface area contributed by atoms with Gasteiger partial charge in [0.1, 0.15) is 11.6 Å². The first kappa shape index (κ1) is 23.1. The standard InChI is InChI=1S/C21H17BrClFN2O4S/c1-13-2-4-15(11-18(13)23)26-31(28,29)17-7-5-16(6-8-17)30-12-21(27)25-20-9-3-14(22)10-19(20)24/h2-11,26H,12H2,1H3,(H,25,27). The van der Waals surface area contributed by atoms with Crippen LogP contribution in [0.1, 0.15) is 5.56 Å². The van der Waals surface area contributed by atoms with E-state index >= 15 is 0 Å². The Kier molecular flexibility index (Phi) is 7.19. The van der Waals surface area contributed by atoms with Gasteiger partial charge in [0, 0.05) is 9.50 Å². The molecule has 0 saturated carbocycles. The molecule has 0 fully saturated rings. The monoisotopic (exact) mass is 526 g/mol. The van der Waals surface area contributed by atoms with E-state index in [1.807, 2.05) is 6.92 Å². The molecular weight excluding hydrogens is 511 g/mol. The summed E-state index contributed by atoms with van der Waals surface area (Å²) in [6.45, 7) is 1.44. The average Bonchev–Trinajstić information content (AvgIpc) is 2.71. The zero-order valence-electron chi connectivity index (χ0n) is 16.2. The van der Waals surface area contributed by atoms with Gasteiger partial charge in [-0.1, -0.05) is 33.6 Å². The predicted molar refractivity (Wildman–Crippen MR) is 122 cm³/mol. The van der Waals surface area contributed by atoms with Gasteiger partial charge in [-0.2, -0.15) is 0 Å². The largest absolute Gasteiger partial charge is 0.484 e. The zero-order valence-corrected chi connectivity index (χ0v) is 19.3. The molecule has 162 valence electrons. The Morgan fingerprint density at radius 3 is 2.45 bits per heavy atom. The van der Waals surface area contributed by atoms with Gasteiger partial charge < -0.3 is 10.1 Å². The van der Waals surface area contributed by atoms with Crippen LogP contribution in [0.25, 0.3) is 0 Å². The maximum Gasteiger partial charge on any atom is 0.262 e. The Labute approximate surface area is 192 Å². The van der Waals surface area contributed by atoms with Crippen molar-refractivity contribution in [1.82, 2.24) is 0 Å². The number of amides is 1. The van der Waals surface area contributed by atoms with E-state index < -0.39 is 21.7 Å². The number of anilines is 2. The summed E-state index contributed by atoms with van der Waals surface area (Å²) in [6.07, 6.45) is 0. The van der Waals surface area contributed by atoms with Gasteiger partial charge in [0.15, 0.2) is 6.61 Å². The normalized spacial score (nSPS) is 11.1. The molecule has 31 heavy (non-hydrogen) atoms. The van der Waals surface area contributed by atoms with Crippen molar-refractivity contribution in [3.8, 4) is 5.75 Å². The van der Waals surface area contributed by atoms with E-state index in [-0.39, 0.29) is 22.9 Å². The molecule has 0 aliphatic carbocycles. The van der Waals surface area contributed by atoms with Gasteiger partial charge in [0.2, 0.25) is 0 Å². The molecule has 10 heteroatoms. The number of benzene rings is 3. The summed E-state index contributed by atoms with van der Waals surface area (Å²) in [5, 5.41) is 2.85. The van der Waals surface area contributed by atoms with Crippen molar-refractivity contribution < 1.29 is 22.3 Å². The first-order valence-electron chi connectivity index (χ1n) is 8.91. The number of aryl methyl sites for hydroxylation is 1. The Morgan fingerprint density at radius 2 is 1.81 bits per heavy atom. The number of carbonyl (C=O) groups excluding carboxylic acids is 1. The first-order valence-corrected chi connectivity index (χ1v) is 11.6. The van der Waals surface area contributed by atoms with Crippen LogP contribution < -0.4 is 14.8 Å². The van der Waals surface area contributed by atoms with Gasteiger partial charge in [-0.3, -0.25) is 9.52 Å². The van der Waals surface area contributed by atoms with E-state index in [2.05, 4.69) is 26.0 Å².